The Morgan fingerprint density at radius 2 is 1.74 bits per heavy atom. The molecule has 0 amide bonds. The number of pyridine rings is 1. The lowest BCUT2D eigenvalue weighted by atomic mass is 9.91. The molecule has 2 heterocycles. The minimum Gasteiger partial charge on any atom is -0.487 e. The highest BCUT2D eigenvalue weighted by atomic mass is 32.1. The van der Waals surface area contributed by atoms with Crippen LogP contribution in [0.5, 0.6) is 11.5 Å². The number of nitrogens with one attached hydrogen (secondary N) is 1. The first-order valence-electron chi connectivity index (χ1n) is 10.9. The van der Waals surface area contributed by atoms with E-state index in [1.54, 1.807) is 0 Å². The lowest BCUT2D eigenvalue weighted by Crippen LogP contribution is -2.53. The second-order valence-electron chi connectivity index (χ2n) is 8.49. The van der Waals surface area contributed by atoms with Crippen molar-refractivity contribution in [3.63, 3.8) is 0 Å². The Bertz CT molecular complexity index is 1300. The SMILES string of the molecule is O=c1ccc(C[C@@H](c2ccc(OC(F)F)c(OC3CC3)c2)c2cnc(C(O)(C(F)(F)F)C(F)(F)F)s2)c[nH]1. The summed E-state index contributed by atoms with van der Waals surface area (Å²) in [5.41, 5.74) is -4.93. The number of hydrogen-bond acceptors (Lipinski definition) is 6. The molecule has 0 bridgehead atoms. The maximum atomic E-state index is 13.4. The van der Waals surface area contributed by atoms with Gasteiger partial charge >= 0.3 is 24.6 Å². The van der Waals surface area contributed by atoms with Crippen LogP contribution in [0.15, 0.2) is 47.5 Å². The summed E-state index contributed by atoms with van der Waals surface area (Å²) in [5, 5.41) is 8.13. The van der Waals surface area contributed by atoms with Crippen LogP contribution in [0.3, 0.4) is 0 Å². The van der Waals surface area contributed by atoms with Crippen LogP contribution in [0, 0.1) is 0 Å². The van der Waals surface area contributed by atoms with Crippen molar-refractivity contribution < 1.29 is 49.7 Å². The van der Waals surface area contributed by atoms with Crippen LogP contribution in [-0.2, 0) is 12.0 Å². The van der Waals surface area contributed by atoms with E-state index in [4.69, 9.17) is 4.74 Å². The Labute approximate surface area is 212 Å². The zero-order valence-corrected chi connectivity index (χ0v) is 19.8. The quantitative estimate of drug-likeness (QED) is 0.325. The van der Waals surface area contributed by atoms with Gasteiger partial charge in [-0.3, -0.25) is 4.79 Å². The third-order valence-electron chi connectivity index (χ3n) is 5.69. The number of rotatable bonds is 9. The van der Waals surface area contributed by atoms with E-state index in [2.05, 4.69) is 14.7 Å². The zero-order chi connectivity index (χ0) is 27.9. The molecule has 38 heavy (non-hydrogen) atoms. The molecule has 2 N–H and O–H groups in total. The number of ether oxygens (including phenoxy) is 2. The van der Waals surface area contributed by atoms with E-state index in [-0.39, 0.29) is 45.8 Å². The third-order valence-corrected chi connectivity index (χ3v) is 6.91. The van der Waals surface area contributed by atoms with Crippen molar-refractivity contribution in [1.29, 1.82) is 0 Å². The van der Waals surface area contributed by atoms with Crippen molar-refractivity contribution in [3.05, 3.63) is 74.1 Å². The van der Waals surface area contributed by atoms with E-state index in [0.717, 1.165) is 12.3 Å². The van der Waals surface area contributed by atoms with E-state index >= 15 is 0 Å². The molecule has 15 heteroatoms. The van der Waals surface area contributed by atoms with Gasteiger partial charge in [0, 0.05) is 29.3 Å². The van der Waals surface area contributed by atoms with Crippen molar-refractivity contribution in [1.82, 2.24) is 9.97 Å². The summed E-state index contributed by atoms with van der Waals surface area (Å²) in [7, 11) is 0. The standard InChI is InChI=1S/C23H18F8N2O4S/c24-20(25)37-15-5-2-12(8-16(15)36-13-3-4-13)14(7-11-1-6-18(34)32-9-11)17-10-33-19(38-17)21(35,22(26,27)28)23(29,30)31/h1-2,5-6,8-10,13-14,20,35H,3-4,7H2,(H,32,34)/t14-/m0/s1. The monoisotopic (exact) mass is 570 g/mol. The van der Waals surface area contributed by atoms with Crippen LogP contribution in [0.2, 0.25) is 0 Å². The molecule has 0 unspecified atom stereocenters. The largest absolute Gasteiger partial charge is 0.487 e. The molecule has 206 valence electrons. The first-order valence-corrected chi connectivity index (χ1v) is 11.8. The van der Waals surface area contributed by atoms with Crippen molar-refractivity contribution in [2.75, 3.05) is 0 Å². The predicted octanol–water partition coefficient (Wildman–Crippen LogP) is 5.66. The molecule has 1 aromatic carbocycles. The Balaban J connectivity index is 1.80. The highest BCUT2D eigenvalue weighted by molar-refractivity contribution is 7.11. The number of alkyl halides is 8. The molecule has 0 spiro atoms. The van der Waals surface area contributed by atoms with Gasteiger partial charge in [0.2, 0.25) is 5.56 Å². The summed E-state index contributed by atoms with van der Waals surface area (Å²) in [5.74, 6) is -1.35. The molecule has 6 nitrogen and oxygen atoms in total. The Morgan fingerprint density at radius 1 is 1.05 bits per heavy atom. The van der Waals surface area contributed by atoms with Gasteiger partial charge in [0.25, 0.3) is 0 Å². The number of aromatic amines is 1. The molecule has 1 aliphatic rings. The first kappa shape index (κ1) is 27.8. The fourth-order valence-corrected chi connectivity index (χ4v) is 4.77. The molecule has 2 aromatic heterocycles. The summed E-state index contributed by atoms with van der Waals surface area (Å²) < 4.78 is 116. The zero-order valence-electron chi connectivity index (χ0n) is 18.9. The summed E-state index contributed by atoms with van der Waals surface area (Å²) in [6.45, 7) is -3.18. The molecule has 4 rings (SSSR count). The van der Waals surface area contributed by atoms with Gasteiger partial charge in [-0.2, -0.15) is 35.1 Å². The van der Waals surface area contributed by atoms with Crippen molar-refractivity contribution in [3.8, 4) is 11.5 Å². The van der Waals surface area contributed by atoms with E-state index in [0.29, 0.717) is 18.4 Å². The van der Waals surface area contributed by atoms with Gasteiger partial charge in [-0.25, -0.2) is 4.98 Å². The molecule has 1 fully saturated rings. The van der Waals surface area contributed by atoms with Crippen LogP contribution >= 0.6 is 11.3 Å². The topological polar surface area (TPSA) is 84.4 Å². The van der Waals surface area contributed by atoms with Crippen LogP contribution in [0.1, 0.15) is 39.8 Å². The Morgan fingerprint density at radius 3 is 2.29 bits per heavy atom. The van der Waals surface area contributed by atoms with Gasteiger partial charge < -0.3 is 19.6 Å². The smallest absolute Gasteiger partial charge is 0.433 e. The molecular formula is C23H18F8N2O4S. The van der Waals surface area contributed by atoms with E-state index in [1.165, 1.54) is 30.5 Å². The number of nitrogens with zero attached hydrogens (tertiary/aromatic N) is 1. The lowest BCUT2D eigenvalue weighted by Gasteiger charge is -2.30. The van der Waals surface area contributed by atoms with E-state index < -0.39 is 41.0 Å². The van der Waals surface area contributed by atoms with E-state index in [9.17, 15) is 45.0 Å². The minimum absolute atomic E-state index is 0.000753. The Kier molecular flexibility index (Phi) is 7.45. The number of H-pyrrole nitrogens is 1. The maximum absolute atomic E-state index is 13.4. The molecule has 0 saturated heterocycles. The van der Waals surface area contributed by atoms with Gasteiger partial charge in [0.15, 0.2) is 11.5 Å². The minimum atomic E-state index is -6.12. The number of benzene rings is 1. The van der Waals surface area contributed by atoms with Crippen LogP contribution in [0.25, 0.3) is 0 Å². The van der Waals surface area contributed by atoms with Crippen molar-refractivity contribution in [2.45, 2.75) is 55.8 Å². The fraction of sp³-hybridized carbons (Fsp3) is 0.391. The summed E-state index contributed by atoms with van der Waals surface area (Å²) in [6.07, 6.45) is -9.13. The second kappa shape index (κ2) is 10.2. The van der Waals surface area contributed by atoms with Crippen molar-refractivity contribution >= 4 is 11.3 Å². The number of halogens is 8. The van der Waals surface area contributed by atoms with E-state index in [1.807, 2.05) is 0 Å². The average molecular weight is 570 g/mol. The van der Waals surface area contributed by atoms with Crippen LogP contribution in [-0.4, -0.2) is 40.1 Å². The van der Waals surface area contributed by atoms with Crippen molar-refractivity contribution in [2.24, 2.45) is 0 Å². The van der Waals surface area contributed by atoms with Crippen LogP contribution in [0.4, 0.5) is 35.1 Å². The molecule has 3 aromatic rings. The molecular weight excluding hydrogens is 552 g/mol. The normalized spacial score (nSPS) is 15.5. The highest BCUT2D eigenvalue weighted by Crippen LogP contribution is 2.52. The van der Waals surface area contributed by atoms with Gasteiger partial charge in [0.1, 0.15) is 5.01 Å². The predicted molar refractivity (Wildman–Crippen MR) is 117 cm³/mol. The maximum Gasteiger partial charge on any atom is 0.433 e. The molecule has 1 aliphatic carbocycles. The number of aromatic nitrogens is 2. The summed E-state index contributed by atoms with van der Waals surface area (Å²) in [4.78, 5) is 17.0. The molecule has 1 saturated carbocycles. The third kappa shape index (κ3) is 5.77. The lowest BCUT2D eigenvalue weighted by molar-refractivity contribution is -0.376. The fourth-order valence-electron chi connectivity index (χ4n) is 3.60. The number of aliphatic hydroxyl groups is 1. The Hall–Kier alpha value is -3.20. The molecule has 0 radical (unpaired) electrons. The van der Waals surface area contributed by atoms with Gasteiger partial charge in [0.05, 0.1) is 6.10 Å². The first-order chi connectivity index (χ1) is 17.7. The average Bonchev–Trinajstić information content (AvgIpc) is 3.50. The van der Waals surface area contributed by atoms with Crippen LogP contribution < -0.4 is 15.0 Å². The van der Waals surface area contributed by atoms with Gasteiger partial charge in [-0.15, -0.1) is 11.3 Å². The van der Waals surface area contributed by atoms with Gasteiger partial charge in [-0.05, 0) is 42.5 Å². The molecule has 1 atom stereocenters. The number of hydrogen-bond donors (Lipinski definition) is 2. The summed E-state index contributed by atoms with van der Waals surface area (Å²) >= 11 is 0.000753. The van der Waals surface area contributed by atoms with Gasteiger partial charge in [-0.1, -0.05) is 12.1 Å². The highest BCUT2D eigenvalue weighted by Gasteiger charge is 2.73. The number of thiazole rings is 1. The summed E-state index contributed by atoms with van der Waals surface area (Å²) in [6, 6.07) is 6.37. The molecule has 0 aliphatic heterocycles. The second-order valence-corrected chi connectivity index (χ2v) is 9.56.